The third-order valence-corrected chi connectivity index (χ3v) is 3.62. The van der Waals surface area contributed by atoms with Gasteiger partial charge in [0.05, 0.1) is 0 Å². The molecule has 0 aliphatic carbocycles. The van der Waals surface area contributed by atoms with Gasteiger partial charge in [0.1, 0.15) is 5.60 Å². The summed E-state index contributed by atoms with van der Waals surface area (Å²) in [4.78, 5) is 13.9. The summed E-state index contributed by atoms with van der Waals surface area (Å²) < 4.78 is 5.44. The minimum atomic E-state index is -0.458. The zero-order valence-corrected chi connectivity index (χ0v) is 13.7. The maximum absolute atomic E-state index is 12.2. The first-order valence-corrected chi connectivity index (χ1v) is 7.13. The molecule has 21 heavy (non-hydrogen) atoms. The van der Waals surface area contributed by atoms with Gasteiger partial charge in [0, 0.05) is 19.0 Å². The molecule has 5 heteroatoms. The molecule has 1 aromatic carbocycles. The van der Waals surface area contributed by atoms with Crippen LogP contribution in [0.3, 0.4) is 0 Å². The predicted octanol–water partition coefficient (Wildman–Crippen LogP) is 3.02. The van der Waals surface area contributed by atoms with Crippen LogP contribution in [0, 0.1) is 5.92 Å². The molecule has 0 unspecified atom stereocenters. The van der Waals surface area contributed by atoms with Crippen LogP contribution in [0.2, 0.25) is 0 Å². The van der Waals surface area contributed by atoms with Crippen molar-refractivity contribution in [1.82, 2.24) is 4.90 Å². The molecule has 1 aliphatic rings. The molecule has 1 heterocycles. The molecule has 1 amide bonds. The van der Waals surface area contributed by atoms with Gasteiger partial charge >= 0.3 is 6.09 Å². The predicted molar refractivity (Wildman–Crippen MR) is 86.8 cm³/mol. The number of ether oxygens (including phenoxy) is 1. The van der Waals surface area contributed by atoms with Gasteiger partial charge in [-0.15, -0.1) is 12.4 Å². The molecule has 2 N–H and O–H groups in total. The van der Waals surface area contributed by atoms with Crippen molar-refractivity contribution in [3.63, 3.8) is 0 Å². The zero-order chi connectivity index (χ0) is 14.8. The number of amides is 1. The van der Waals surface area contributed by atoms with Crippen molar-refractivity contribution in [2.45, 2.75) is 32.3 Å². The summed E-state index contributed by atoms with van der Waals surface area (Å²) in [5.74, 6) is 0.596. The Bertz CT molecular complexity index is 459. The van der Waals surface area contributed by atoms with Gasteiger partial charge in [-0.1, -0.05) is 30.3 Å². The van der Waals surface area contributed by atoms with E-state index in [0.29, 0.717) is 31.5 Å². The van der Waals surface area contributed by atoms with E-state index >= 15 is 0 Å². The van der Waals surface area contributed by atoms with Crippen LogP contribution in [-0.2, 0) is 4.74 Å². The van der Waals surface area contributed by atoms with E-state index in [1.165, 1.54) is 5.56 Å². The van der Waals surface area contributed by atoms with Crippen LogP contribution in [0.4, 0.5) is 4.79 Å². The highest BCUT2D eigenvalue weighted by Crippen LogP contribution is 2.32. The van der Waals surface area contributed by atoms with Crippen molar-refractivity contribution in [3.8, 4) is 0 Å². The van der Waals surface area contributed by atoms with E-state index in [1.807, 2.05) is 39.0 Å². The largest absolute Gasteiger partial charge is 0.444 e. The second-order valence-electron chi connectivity index (χ2n) is 6.40. The van der Waals surface area contributed by atoms with Gasteiger partial charge in [-0.05, 0) is 38.8 Å². The molecule has 2 atom stereocenters. The highest BCUT2D eigenvalue weighted by Gasteiger charge is 2.36. The van der Waals surface area contributed by atoms with Crippen molar-refractivity contribution < 1.29 is 9.53 Å². The highest BCUT2D eigenvalue weighted by molar-refractivity contribution is 5.85. The number of benzene rings is 1. The van der Waals surface area contributed by atoms with Crippen LogP contribution in [0.15, 0.2) is 30.3 Å². The Labute approximate surface area is 133 Å². The first-order chi connectivity index (χ1) is 9.40. The van der Waals surface area contributed by atoms with Gasteiger partial charge in [-0.2, -0.15) is 0 Å². The van der Waals surface area contributed by atoms with Crippen LogP contribution >= 0.6 is 12.4 Å². The summed E-state index contributed by atoms with van der Waals surface area (Å²) in [5.41, 5.74) is 6.66. The Hall–Kier alpha value is -1.26. The third-order valence-electron chi connectivity index (χ3n) is 3.62. The molecule has 1 aromatic rings. The fraction of sp³-hybridized carbons (Fsp3) is 0.562. The van der Waals surface area contributed by atoms with Crippen LogP contribution in [0.25, 0.3) is 0 Å². The van der Waals surface area contributed by atoms with E-state index in [2.05, 4.69) is 12.1 Å². The van der Waals surface area contributed by atoms with E-state index in [9.17, 15) is 4.79 Å². The molecule has 0 radical (unpaired) electrons. The number of hydrogen-bond donors (Lipinski definition) is 1. The number of likely N-dealkylation sites (tertiary alicyclic amines) is 1. The van der Waals surface area contributed by atoms with Crippen LogP contribution in [0.5, 0.6) is 0 Å². The summed E-state index contributed by atoms with van der Waals surface area (Å²) in [6.45, 7) is 7.59. The van der Waals surface area contributed by atoms with Gasteiger partial charge < -0.3 is 15.4 Å². The number of carbonyl (C=O) groups excluding carboxylic acids is 1. The van der Waals surface area contributed by atoms with Gasteiger partial charge in [-0.25, -0.2) is 4.79 Å². The maximum atomic E-state index is 12.2. The Morgan fingerprint density at radius 1 is 1.29 bits per heavy atom. The lowest BCUT2D eigenvalue weighted by Gasteiger charge is -2.24. The lowest BCUT2D eigenvalue weighted by atomic mass is 9.89. The van der Waals surface area contributed by atoms with Crippen LogP contribution in [0.1, 0.15) is 32.3 Å². The topological polar surface area (TPSA) is 55.6 Å². The van der Waals surface area contributed by atoms with Crippen molar-refractivity contribution in [2.24, 2.45) is 11.7 Å². The zero-order valence-electron chi connectivity index (χ0n) is 12.9. The molecule has 1 fully saturated rings. The Morgan fingerprint density at radius 2 is 1.90 bits per heavy atom. The molecule has 2 rings (SSSR count). The Morgan fingerprint density at radius 3 is 2.43 bits per heavy atom. The number of carbonyl (C=O) groups is 1. The smallest absolute Gasteiger partial charge is 0.410 e. The number of rotatable bonds is 2. The van der Waals surface area contributed by atoms with Crippen LogP contribution < -0.4 is 5.73 Å². The van der Waals surface area contributed by atoms with Crippen LogP contribution in [-0.4, -0.2) is 36.2 Å². The summed E-state index contributed by atoms with van der Waals surface area (Å²) in [7, 11) is 0. The first-order valence-electron chi connectivity index (χ1n) is 7.13. The van der Waals surface area contributed by atoms with Gasteiger partial charge in [-0.3, -0.25) is 0 Å². The molecule has 1 aliphatic heterocycles. The molecule has 0 spiro atoms. The molecule has 118 valence electrons. The van der Waals surface area contributed by atoms with E-state index in [0.717, 1.165) is 0 Å². The molecule has 0 bridgehead atoms. The highest BCUT2D eigenvalue weighted by atomic mass is 35.5. The van der Waals surface area contributed by atoms with Crippen molar-refractivity contribution in [2.75, 3.05) is 19.6 Å². The average Bonchev–Trinajstić information content (AvgIpc) is 2.82. The second kappa shape index (κ2) is 7.14. The van der Waals surface area contributed by atoms with Crippen molar-refractivity contribution in [3.05, 3.63) is 35.9 Å². The number of nitrogens with zero attached hydrogens (tertiary/aromatic N) is 1. The minimum Gasteiger partial charge on any atom is -0.444 e. The van der Waals surface area contributed by atoms with E-state index in [-0.39, 0.29) is 18.5 Å². The number of halogens is 1. The molecule has 1 saturated heterocycles. The van der Waals surface area contributed by atoms with E-state index in [1.54, 1.807) is 4.90 Å². The van der Waals surface area contributed by atoms with E-state index in [4.69, 9.17) is 10.5 Å². The summed E-state index contributed by atoms with van der Waals surface area (Å²) >= 11 is 0. The standard InChI is InChI=1S/C16H24N2O2.ClH/c1-16(2,3)20-15(19)18-10-13(9-17)14(11-18)12-7-5-4-6-8-12;/h4-8,13-14H,9-11,17H2,1-3H3;1H/t13-,14+;/m0./s1. The summed E-state index contributed by atoms with van der Waals surface area (Å²) in [6.07, 6.45) is -0.241. The minimum absolute atomic E-state index is 0. The number of hydrogen-bond acceptors (Lipinski definition) is 3. The molecular formula is C16H25ClN2O2. The molecular weight excluding hydrogens is 288 g/mol. The Balaban J connectivity index is 0.00000220. The normalized spacial score (nSPS) is 21.8. The fourth-order valence-corrected chi connectivity index (χ4v) is 2.66. The first kappa shape index (κ1) is 17.8. The summed E-state index contributed by atoms with van der Waals surface area (Å²) in [6, 6.07) is 10.3. The maximum Gasteiger partial charge on any atom is 0.410 e. The third kappa shape index (κ3) is 4.61. The second-order valence-corrected chi connectivity index (χ2v) is 6.40. The SMILES string of the molecule is CC(C)(C)OC(=O)N1C[C@H](CN)[C@@H](c2ccccc2)C1.Cl. The van der Waals surface area contributed by atoms with Gasteiger partial charge in [0.2, 0.25) is 0 Å². The van der Waals surface area contributed by atoms with E-state index < -0.39 is 5.60 Å². The van der Waals surface area contributed by atoms with Gasteiger partial charge in [0.15, 0.2) is 0 Å². The summed E-state index contributed by atoms with van der Waals surface area (Å²) in [5, 5.41) is 0. The average molecular weight is 313 g/mol. The molecule has 4 nitrogen and oxygen atoms in total. The monoisotopic (exact) mass is 312 g/mol. The quantitative estimate of drug-likeness (QED) is 0.913. The lowest BCUT2D eigenvalue weighted by molar-refractivity contribution is 0.0287. The lowest BCUT2D eigenvalue weighted by Crippen LogP contribution is -2.35. The fourth-order valence-electron chi connectivity index (χ4n) is 2.66. The Kier molecular flexibility index (Phi) is 6.05. The van der Waals surface area contributed by atoms with Crippen molar-refractivity contribution >= 4 is 18.5 Å². The van der Waals surface area contributed by atoms with Gasteiger partial charge in [0.25, 0.3) is 0 Å². The number of nitrogens with two attached hydrogens (primary N) is 1. The van der Waals surface area contributed by atoms with Crippen molar-refractivity contribution in [1.29, 1.82) is 0 Å². The molecule has 0 aromatic heterocycles. The molecule has 0 saturated carbocycles.